The second-order valence-corrected chi connectivity index (χ2v) is 7.64. The van der Waals surface area contributed by atoms with Crippen LogP contribution >= 0.6 is 0 Å². The van der Waals surface area contributed by atoms with Crippen LogP contribution in [0.15, 0.2) is 48.8 Å². The quantitative estimate of drug-likeness (QED) is 0.663. The van der Waals surface area contributed by atoms with Gasteiger partial charge in [-0.3, -0.25) is 4.79 Å². The zero-order valence-electron chi connectivity index (χ0n) is 16.2. The predicted molar refractivity (Wildman–Crippen MR) is 107 cm³/mol. The Morgan fingerprint density at radius 1 is 1.23 bits per heavy atom. The Morgan fingerprint density at radius 3 is 2.80 bits per heavy atom. The third-order valence-electron chi connectivity index (χ3n) is 5.48. The fourth-order valence-electron chi connectivity index (χ4n) is 3.99. The third kappa shape index (κ3) is 4.24. The maximum atomic E-state index is 13.2. The van der Waals surface area contributed by atoms with Crippen molar-refractivity contribution in [3.8, 4) is 11.1 Å². The van der Waals surface area contributed by atoms with E-state index in [9.17, 15) is 23.1 Å². The first-order chi connectivity index (χ1) is 14.3. The molecule has 1 aliphatic heterocycles. The highest BCUT2D eigenvalue weighted by molar-refractivity contribution is 5.93. The summed E-state index contributed by atoms with van der Waals surface area (Å²) in [5.41, 5.74) is 1.49. The first-order valence-corrected chi connectivity index (χ1v) is 9.87. The lowest BCUT2D eigenvalue weighted by atomic mass is 9.97. The lowest BCUT2D eigenvalue weighted by Gasteiger charge is -2.28. The van der Waals surface area contributed by atoms with Crippen LogP contribution in [0.2, 0.25) is 0 Å². The number of piperidine rings is 1. The van der Waals surface area contributed by atoms with E-state index in [1.54, 1.807) is 28.8 Å². The molecule has 1 saturated heterocycles. The second-order valence-electron chi connectivity index (χ2n) is 7.64. The lowest BCUT2D eigenvalue weighted by molar-refractivity contribution is -0.137. The van der Waals surface area contributed by atoms with Crippen LogP contribution in [0.5, 0.6) is 0 Å². The van der Waals surface area contributed by atoms with Crippen LogP contribution in [-0.2, 0) is 17.5 Å². The summed E-state index contributed by atoms with van der Waals surface area (Å²) in [5.74, 6) is -0.0772. The molecule has 158 valence electrons. The highest BCUT2D eigenvalue weighted by atomic mass is 19.4. The van der Waals surface area contributed by atoms with Gasteiger partial charge in [0, 0.05) is 18.0 Å². The second kappa shape index (κ2) is 8.20. The zero-order valence-corrected chi connectivity index (χ0v) is 16.2. The van der Waals surface area contributed by atoms with Gasteiger partial charge >= 0.3 is 6.18 Å². The van der Waals surface area contributed by atoms with Gasteiger partial charge in [-0.05, 0) is 43.1 Å². The number of aromatic nitrogens is 2. The molecule has 2 atom stereocenters. The number of benzene rings is 2. The summed E-state index contributed by atoms with van der Waals surface area (Å²) < 4.78 is 41.1. The number of rotatable bonds is 5. The number of nitrogens with one attached hydrogen (secondary N) is 1. The number of Topliss-reactive ketones (excluding diaryl/α,β-unsaturated/α-hetero) is 1. The minimum absolute atomic E-state index is 0.0391. The summed E-state index contributed by atoms with van der Waals surface area (Å²) in [7, 11) is 0. The van der Waals surface area contributed by atoms with Crippen molar-refractivity contribution in [3.05, 3.63) is 54.4 Å². The Balaban J connectivity index is 1.64. The molecule has 1 aromatic heterocycles. The largest absolute Gasteiger partial charge is 0.416 e. The predicted octanol–water partition coefficient (Wildman–Crippen LogP) is 3.79. The molecular weight excluding hydrogens is 395 g/mol. The molecule has 0 aliphatic carbocycles. The molecule has 4 rings (SSSR count). The normalized spacial score (nSPS) is 19.9. The molecular formula is C22H22F3N3O2. The Labute approximate surface area is 171 Å². The van der Waals surface area contributed by atoms with Crippen LogP contribution in [0.1, 0.15) is 24.8 Å². The highest BCUT2D eigenvalue weighted by Crippen LogP contribution is 2.34. The van der Waals surface area contributed by atoms with Gasteiger partial charge in [-0.1, -0.05) is 24.3 Å². The molecule has 1 fully saturated rings. The summed E-state index contributed by atoms with van der Waals surface area (Å²) in [5, 5.41) is 13.2. The molecule has 0 radical (unpaired) electrons. The topological polar surface area (TPSA) is 67.2 Å². The number of halogens is 3. The molecule has 0 spiro atoms. The number of carbonyl (C=O) groups is 1. The number of imidazole rings is 1. The summed E-state index contributed by atoms with van der Waals surface area (Å²) in [6.07, 6.45) is -1.73. The molecule has 2 aromatic carbocycles. The fraction of sp³-hybridized carbons (Fsp3) is 0.364. The first kappa shape index (κ1) is 20.6. The van der Waals surface area contributed by atoms with Crippen LogP contribution in [0.3, 0.4) is 0 Å². The van der Waals surface area contributed by atoms with Crippen LogP contribution in [-0.4, -0.2) is 39.1 Å². The number of fused-ring (bicyclic) bond motifs is 1. The number of hydrogen-bond donors (Lipinski definition) is 2. The van der Waals surface area contributed by atoms with E-state index in [1.165, 1.54) is 12.4 Å². The van der Waals surface area contributed by atoms with Crippen molar-refractivity contribution in [2.45, 2.75) is 44.1 Å². The van der Waals surface area contributed by atoms with Gasteiger partial charge in [0.1, 0.15) is 0 Å². The van der Waals surface area contributed by atoms with Gasteiger partial charge < -0.3 is 15.0 Å². The van der Waals surface area contributed by atoms with Crippen molar-refractivity contribution < 1.29 is 23.1 Å². The van der Waals surface area contributed by atoms with Gasteiger partial charge in [0.15, 0.2) is 5.78 Å². The Hall–Kier alpha value is -2.71. The monoisotopic (exact) mass is 417 g/mol. The molecule has 8 heteroatoms. The third-order valence-corrected chi connectivity index (χ3v) is 5.48. The molecule has 0 saturated carbocycles. The average molecular weight is 417 g/mol. The van der Waals surface area contributed by atoms with Crippen LogP contribution in [0.4, 0.5) is 13.2 Å². The molecule has 0 amide bonds. The molecule has 30 heavy (non-hydrogen) atoms. The number of hydrogen-bond acceptors (Lipinski definition) is 4. The van der Waals surface area contributed by atoms with E-state index >= 15 is 0 Å². The van der Waals surface area contributed by atoms with Gasteiger partial charge in [0.05, 0.1) is 35.6 Å². The number of nitrogens with zero attached hydrogens (tertiary/aromatic N) is 2. The summed E-state index contributed by atoms with van der Waals surface area (Å²) in [6.45, 7) is 0.806. The van der Waals surface area contributed by atoms with E-state index in [-0.39, 0.29) is 24.8 Å². The number of ketones is 1. The lowest BCUT2D eigenvalue weighted by Crippen LogP contribution is -2.46. The fourth-order valence-corrected chi connectivity index (χ4v) is 3.99. The summed E-state index contributed by atoms with van der Waals surface area (Å²) in [4.78, 5) is 17.0. The number of aliphatic hydroxyl groups is 1. The smallest absolute Gasteiger partial charge is 0.391 e. The molecule has 0 bridgehead atoms. The summed E-state index contributed by atoms with van der Waals surface area (Å²) >= 11 is 0. The molecule has 2 heterocycles. The van der Waals surface area contributed by atoms with Crippen molar-refractivity contribution in [1.82, 2.24) is 14.9 Å². The minimum Gasteiger partial charge on any atom is -0.391 e. The van der Waals surface area contributed by atoms with E-state index in [0.29, 0.717) is 28.6 Å². The van der Waals surface area contributed by atoms with Gasteiger partial charge in [-0.15, -0.1) is 0 Å². The first-order valence-electron chi connectivity index (χ1n) is 9.87. The zero-order chi connectivity index (χ0) is 21.3. The number of alkyl halides is 3. The van der Waals surface area contributed by atoms with Crippen molar-refractivity contribution >= 4 is 16.8 Å². The molecule has 0 unspecified atom stereocenters. The van der Waals surface area contributed by atoms with E-state index in [4.69, 9.17) is 0 Å². The van der Waals surface area contributed by atoms with Crippen molar-refractivity contribution in [2.75, 3.05) is 6.54 Å². The number of carbonyl (C=O) groups excluding carboxylic acids is 1. The van der Waals surface area contributed by atoms with Crippen molar-refractivity contribution in [3.63, 3.8) is 0 Å². The van der Waals surface area contributed by atoms with Gasteiger partial charge in [0.25, 0.3) is 0 Å². The van der Waals surface area contributed by atoms with Crippen molar-refractivity contribution in [2.24, 2.45) is 0 Å². The SMILES string of the molecule is O=C(C[C@H]1NCCC[C@@H]1O)Cn1cnc2cccc(-c3cccc(C(F)(F)F)c3)c21. The molecule has 3 aromatic rings. The highest BCUT2D eigenvalue weighted by Gasteiger charge is 2.30. The minimum atomic E-state index is -4.44. The van der Waals surface area contributed by atoms with E-state index in [1.807, 2.05) is 0 Å². The molecule has 2 N–H and O–H groups in total. The number of para-hydroxylation sites is 1. The van der Waals surface area contributed by atoms with Gasteiger partial charge in [0.2, 0.25) is 0 Å². The van der Waals surface area contributed by atoms with Gasteiger partial charge in [-0.25, -0.2) is 4.98 Å². The molecule has 5 nitrogen and oxygen atoms in total. The van der Waals surface area contributed by atoms with Crippen molar-refractivity contribution in [1.29, 1.82) is 0 Å². The van der Waals surface area contributed by atoms with Crippen LogP contribution in [0.25, 0.3) is 22.2 Å². The maximum absolute atomic E-state index is 13.2. The van der Waals surface area contributed by atoms with E-state index in [2.05, 4.69) is 10.3 Å². The Bertz CT molecular complexity index is 1060. The Morgan fingerprint density at radius 2 is 2.03 bits per heavy atom. The maximum Gasteiger partial charge on any atom is 0.416 e. The standard InChI is InChI=1S/C22H22F3N3O2/c23-22(24,25)15-5-1-4-14(10-15)17-6-2-7-18-21(17)28(13-27-18)12-16(29)11-19-20(30)8-3-9-26-19/h1-2,4-7,10,13,19-20,26,30H,3,8-9,11-12H2/t19-,20+/m1/s1. The van der Waals surface area contributed by atoms with E-state index in [0.717, 1.165) is 25.1 Å². The number of aliphatic hydroxyl groups excluding tert-OH is 1. The van der Waals surface area contributed by atoms with E-state index < -0.39 is 17.8 Å². The molecule has 1 aliphatic rings. The Kier molecular flexibility index (Phi) is 5.62. The van der Waals surface area contributed by atoms with Gasteiger partial charge in [-0.2, -0.15) is 13.2 Å². The van der Waals surface area contributed by atoms with Crippen LogP contribution < -0.4 is 5.32 Å². The average Bonchev–Trinajstić information content (AvgIpc) is 3.12. The summed E-state index contributed by atoms with van der Waals surface area (Å²) in [6, 6.07) is 10.1. The van der Waals surface area contributed by atoms with Crippen LogP contribution in [0, 0.1) is 0 Å².